The molecule has 6 heteroatoms. The van der Waals surface area contributed by atoms with Crippen molar-refractivity contribution in [2.24, 2.45) is 0 Å². The number of hydrogen-bond acceptors (Lipinski definition) is 4. The van der Waals surface area contributed by atoms with Crippen LogP contribution in [0.25, 0.3) is 11.0 Å². The van der Waals surface area contributed by atoms with Crippen LogP contribution in [-0.2, 0) is 27.9 Å². The van der Waals surface area contributed by atoms with E-state index < -0.39 is 11.4 Å². The molecule has 0 bridgehead atoms. The van der Waals surface area contributed by atoms with Crippen LogP contribution in [0.4, 0.5) is 8.78 Å². The second-order valence-corrected chi connectivity index (χ2v) is 9.04. The Morgan fingerprint density at radius 3 is 2.23 bits per heavy atom. The molecular formula is C29H27F2NO3. The quantitative estimate of drug-likeness (QED) is 0.307. The van der Waals surface area contributed by atoms with E-state index >= 15 is 0 Å². The van der Waals surface area contributed by atoms with Crippen LogP contribution in [0.1, 0.15) is 35.3 Å². The molecule has 0 radical (unpaired) electrons. The average molecular weight is 476 g/mol. The Balaban J connectivity index is 1.41. The maximum atomic E-state index is 13.7. The van der Waals surface area contributed by atoms with Crippen LogP contribution in [0.5, 0.6) is 0 Å². The fourth-order valence-electron chi connectivity index (χ4n) is 5.28. The molecule has 0 saturated heterocycles. The van der Waals surface area contributed by atoms with Crippen molar-refractivity contribution >= 4 is 16.9 Å². The first-order valence-corrected chi connectivity index (χ1v) is 11.8. The van der Waals surface area contributed by atoms with Crippen LogP contribution in [0, 0.1) is 11.6 Å². The smallest absolute Gasteiger partial charge is 0.320 e. The predicted molar refractivity (Wildman–Crippen MR) is 130 cm³/mol. The molecule has 1 aliphatic rings. The predicted octanol–water partition coefficient (Wildman–Crippen LogP) is 6.01. The second kappa shape index (κ2) is 9.62. The number of rotatable bonds is 7. The molecule has 0 atom stereocenters. The van der Waals surface area contributed by atoms with Gasteiger partial charge in [-0.1, -0.05) is 42.5 Å². The molecule has 0 N–H and O–H groups in total. The lowest BCUT2D eigenvalue weighted by Crippen LogP contribution is -2.39. The Morgan fingerprint density at radius 1 is 0.971 bits per heavy atom. The molecule has 3 aromatic carbocycles. The third-order valence-corrected chi connectivity index (χ3v) is 7.05. The van der Waals surface area contributed by atoms with E-state index in [2.05, 4.69) is 11.0 Å². The number of hydrogen-bond donors (Lipinski definition) is 0. The summed E-state index contributed by atoms with van der Waals surface area (Å²) in [5, 5.41) is 1.15. The van der Waals surface area contributed by atoms with Crippen LogP contribution in [0.3, 0.4) is 0 Å². The molecule has 0 saturated carbocycles. The highest BCUT2D eigenvalue weighted by molar-refractivity contribution is 5.87. The highest BCUT2D eigenvalue weighted by atomic mass is 19.1. The molecule has 0 spiro atoms. The number of esters is 1. The number of nitrogens with zero attached hydrogens (tertiary/aromatic N) is 1. The van der Waals surface area contributed by atoms with Gasteiger partial charge >= 0.3 is 5.97 Å². The van der Waals surface area contributed by atoms with Gasteiger partial charge in [0.05, 0.1) is 7.11 Å². The number of carbonyl (C=O) groups excluding carboxylic acids is 1. The number of carbonyl (C=O) groups is 1. The third kappa shape index (κ3) is 4.34. The lowest BCUT2D eigenvalue weighted by molar-refractivity contribution is -0.146. The van der Waals surface area contributed by atoms with Gasteiger partial charge in [-0.25, -0.2) is 8.78 Å². The number of para-hydroxylation sites is 1. The molecule has 0 aliphatic carbocycles. The van der Waals surface area contributed by atoms with Gasteiger partial charge in [0.2, 0.25) is 0 Å². The molecule has 1 aromatic heterocycles. The van der Waals surface area contributed by atoms with E-state index in [0.29, 0.717) is 24.0 Å². The summed E-state index contributed by atoms with van der Waals surface area (Å²) in [6.45, 7) is 2.41. The number of halogens is 2. The van der Waals surface area contributed by atoms with Crippen molar-refractivity contribution in [2.45, 2.75) is 31.2 Å². The van der Waals surface area contributed by atoms with Crippen molar-refractivity contribution in [3.8, 4) is 0 Å². The molecular weight excluding hydrogens is 448 g/mol. The van der Waals surface area contributed by atoms with E-state index in [1.54, 1.807) is 24.3 Å². The van der Waals surface area contributed by atoms with Crippen molar-refractivity contribution in [3.63, 3.8) is 0 Å². The van der Waals surface area contributed by atoms with Crippen molar-refractivity contribution < 1.29 is 22.7 Å². The van der Waals surface area contributed by atoms with Gasteiger partial charge in [0.25, 0.3) is 0 Å². The topological polar surface area (TPSA) is 42.7 Å². The lowest BCUT2D eigenvalue weighted by Gasteiger charge is -2.34. The van der Waals surface area contributed by atoms with Gasteiger partial charge in [-0.15, -0.1) is 0 Å². The number of furan rings is 1. The largest absolute Gasteiger partial charge is 0.468 e. The molecule has 180 valence electrons. The average Bonchev–Trinajstić information content (AvgIpc) is 3.25. The Morgan fingerprint density at radius 2 is 1.60 bits per heavy atom. The zero-order chi connectivity index (χ0) is 24.4. The number of ether oxygens (including phenoxy) is 1. The molecule has 0 fully saturated rings. The van der Waals surface area contributed by atoms with Crippen molar-refractivity contribution in [3.05, 3.63) is 107 Å². The van der Waals surface area contributed by atoms with Gasteiger partial charge in [-0.2, -0.15) is 0 Å². The maximum Gasteiger partial charge on any atom is 0.320 e. The van der Waals surface area contributed by atoms with E-state index in [-0.39, 0.29) is 11.6 Å². The molecule has 4 aromatic rings. The highest BCUT2D eigenvalue weighted by Gasteiger charge is 2.43. The van der Waals surface area contributed by atoms with Gasteiger partial charge in [0.1, 0.15) is 28.4 Å². The monoisotopic (exact) mass is 475 g/mol. The maximum absolute atomic E-state index is 13.7. The third-order valence-electron chi connectivity index (χ3n) is 7.05. The summed E-state index contributed by atoms with van der Waals surface area (Å²) in [6.07, 6.45) is 1.96. The van der Waals surface area contributed by atoms with Gasteiger partial charge in [0, 0.05) is 30.5 Å². The Kier molecular flexibility index (Phi) is 6.39. The van der Waals surface area contributed by atoms with E-state index in [4.69, 9.17) is 9.15 Å². The Labute approximate surface area is 203 Å². The van der Waals surface area contributed by atoms with Crippen molar-refractivity contribution in [2.75, 3.05) is 20.2 Å². The SMILES string of the molecule is COC(=O)C(CCCN1CCc2oc3ccccc3c2C1)(c1ccc(F)cc1)c1ccc(F)cc1. The summed E-state index contributed by atoms with van der Waals surface area (Å²) < 4.78 is 38.8. The number of benzene rings is 3. The summed E-state index contributed by atoms with van der Waals surface area (Å²) in [7, 11) is 1.35. The van der Waals surface area contributed by atoms with Gasteiger partial charge in [-0.05, 0) is 60.8 Å². The molecule has 4 nitrogen and oxygen atoms in total. The van der Waals surface area contributed by atoms with Crippen molar-refractivity contribution in [1.82, 2.24) is 4.90 Å². The van der Waals surface area contributed by atoms with Crippen LogP contribution in [-0.4, -0.2) is 31.1 Å². The molecule has 2 heterocycles. The fraction of sp³-hybridized carbons (Fsp3) is 0.276. The standard InChI is InChI=1S/C29H27F2NO3/c1-34-28(33)29(20-7-11-22(30)12-8-20,21-9-13-23(31)14-10-21)16-4-17-32-18-15-27-25(19-32)24-5-2-3-6-26(24)35-27/h2-3,5-14H,4,15-19H2,1H3. The number of methoxy groups -OCH3 is 1. The number of fused-ring (bicyclic) bond motifs is 3. The Hall–Kier alpha value is -3.51. The van der Waals surface area contributed by atoms with E-state index in [1.807, 2.05) is 18.2 Å². The zero-order valence-electron chi connectivity index (χ0n) is 19.6. The Bertz CT molecular complexity index is 1280. The van der Waals surface area contributed by atoms with Crippen LogP contribution >= 0.6 is 0 Å². The van der Waals surface area contributed by atoms with E-state index in [0.717, 1.165) is 42.8 Å². The lowest BCUT2D eigenvalue weighted by atomic mass is 9.71. The molecule has 0 unspecified atom stereocenters. The molecule has 1 aliphatic heterocycles. The first-order valence-electron chi connectivity index (χ1n) is 11.8. The first-order chi connectivity index (χ1) is 17.0. The molecule has 35 heavy (non-hydrogen) atoms. The summed E-state index contributed by atoms with van der Waals surface area (Å²) in [4.78, 5) is 15.7. The van der Waals surface area contributed by atoms with Crippen LogP contribution in [0.2, 0.25) is 0 Å². The van der Waals surface area contributed by atoms with Gasteiger partial charge in [0.15, 0.2) is 0 Å². The minimum Gasteiger partial charge on any atom is -0.468 e. The van der Waals surface area contributed by atoms with E-state index in [9.17, 15) is 13.6 Å². The minimum atomic E-state index is -1.17. The van der Waals surface area contributed by atoms with Crippen molar-refractivity contribution in [1.29, 1.82) is 0 Å². The summed E-state index contributed by atoms with van der Waals surface area (Å²) in [5.41, 5.74) is 2.22. The van der Waals surface area contributed by atoms with Crippen LogP contribution < -0.4 is 0 Å². The highest BCUT2D eigenvalue weighted by Crippen LogP contribution is 2.39. The summed E-state index contributed by atoms with van der Waals surface area (Å²) in [6, 6.07) is 19.9. The van der Waals surface area contributed by atoms with Gasteiger partial charge in [-0.3, -0.25) is 9.69 Å². The van der Waals surface area contributed by atoms with Gasteiger partial charge < -0.3 is 9.15 Å². The summed E-state index contributed by atoms with van der Waals surface area (Å²) >= 11 is 0. The molecule has 0 amide bonds. The van der Waals surface area contributed by atoms with Crippen LogP contribution in [0.15, 0.2) is 77.2 Å². The fourth-order valence-corrected chi connectivity index (χ4v) is 5.28. The molecule has 5 rings (SSSR count). The zero-order valence-corrected chi connectivity index (χ0v) is 19.6. The minimum absolute atomic E-state index is 0.386. The second-order valence-electron chi connectivity index (χ2n) is 9.04. The summed E-state index contributed by atoms with van der Waals surface area (Å²) in [5.74, 6) is -0.173. The van der Waals surface area contributed by atoms with E-state index in [1.165, 1.54) is 36.9 Å². The normalized spacial score (nSPS) is 14.1. The first kappa shape index (κ1) is 23.2.